The number of aliphatic hydroxyl groups is 1. The van der Waals surface area contributed by atoms with Crippen LogP contribution in [0.4, 0.5) is 0 Å². The molecule has 0 heterocycles. The van der Waals surface area contributed by atoms with Crippen LogP contribution in [0.3, 0.4) is 0 Å². The highest BCUT2D eigenvalue weighted by molar-refractivity contribution is 6.79. The van der Waals surface area contributed by atoms with Gasteiger partial charge in [0.05, 0.1) is 14.7 Å². The van der Waals surface area contributed by atoms with Crippen molar-refractivity contribution in [1.29, 1.82) is 0 Å². The molecule has 0 aliphatic heterocycles. The Kier molecular flexibility index (Phi) is 6.19. The van der Waals surface area contributed by atoms with Crippen LogP contribution in [0.25, 0.3) is 0 Å². The van der Waals surface area contributed by atoms with Gasteiger partial charge in [0.1, 0.15) is 5.78 Å². The van der Waals surface area contributed by atoms with Crippen molar-refractivity contribution in [2.45, 2.75) is 77.6 Å². The van der Waals surface area contributed by atoms with Crippen LogP contribution >= 0.6 is 0 Å². The fraction of sp³-hybridized carbons (Fsp3) is 0.654. The highest BCUT2D eigenvalue weighted by atomic mass is 28.3. The third-order valence-corrected chi connectivity index (χ3v) is 12.2. The molecule has 0 bridgehead atoms. The molecule has 158 valence electrons. The highest BCUT2D eigenvalue weighted by Gasteiger charge is 2.52. The van der Waals surface area contributed by atoms with Gasteiger partial charge in [0.2, 0.25) is 0 Å². The molecule has 1 aromatic rings. The number of rotatable bonds is 4. The van der Waals surface area contributed by atoms with Crippen LogP contribution in [0, 0.1) is 35.0 Å². The van der Waals surface area contributed by atoms with E-state index in [1.807, 2.05) is 6.07 Å². The first kappa shape index (κ1) is 22.3. The number of carbonyl (C=O) groups excluding carboxylic acids is 1. The number of carbonyl (C=O) groups is 1. The molecule has 29 heavy (non-hydrogen) atoms. The SMILES string of the molecule is C[C@@H](C#Cc1ccccc1C(C)(CO)[Si](C)(C)C)[C@H]1CC[C@H]2C(=O)CCC[C@]12C. The van der Waals surface area contributed by atoms with E-state index >= 15 is 0 Å². The summed E-state index contributed by atoms with van der Waals surface area (Å²) in [6.07, 6.45) is 5.14. The number of hydrogen-bond donors (Lipinski definition) is 1. The van der Waals surface area contributed by atoms with Crippen LogP contribution in [0.15, 0.2) is 24.3 Å². The summed E-state index contributed by atoms with van der Waals surface area (Å²) in [5.74, 6) is 8.59. The number of Topliss-reactive ketones (excluding diaryl/α,β-unsaturated/α-hetero) is 1. The quantitative estimate of drug-likeness (QED) is 0.519. The molecule has 2 aliphatic carbocycles. The van der Waals surface area contributed by atoms with Gasteiger partial charge in [0, 0.05) is 28.9 Å². The average molecular weight is 411 g/mol. The van der Waals surface area contributed by atoms with Crippen molar-refractivity contribution in [3.8, 4) is 11.8 Å². The van der Waals surface area contributed by atoms with E-state index in [1.165, 1.54) is 5.56 Å². The van der Waals surface area contributed by atoms with E-state index in [1.54, 1.807) is 0 Å². The number of ketones is 1. The van der Waals surface area contributed by atoms with Crippen molar-refractivity contribution < 1.29 is 9.90 Å². The molecule has 2 saturated carbocycles. The maximum absolute atomic E-state index is 12.5. The maximum Gasteiger partial charge on any atom is 0.136 e. The minimum Gasteiger partial charge on any atom is -0.396 e. The Labute approximate surface area is 178 Å². The molecule has 0 amide bonds. The summed E-state index contributed by atoms with van der Waals surface area (Å²) in [7, 11) is -1.66. The second-order valence-corrected chi connectivity index (χ2v) is 16.5. The van der Waals surface area contributed by atoms with Gasteiger partial charge < -0.3 is 5.11 Å². The first-order chi connectivity index (χ1) is 13.5. The minimum absolute atomic E-state index is 0.126. The third-order valence-electron chi connectivity index (χ3n) is 8.47. The largest absolute Gasteiger partial charge is 0.396 e. The first-order valence-corrected chi connectivity index (χ1v) is 14.8. The molecule has 2 aliphatic rings. The van der Waals surface area contributed by atoms with Gasteiger partial charge >= 0.3 is 0 Å². The number of hydrogen-bond acceptors (Lipinski definition) is 2. The lowest BCUT2D eigenvalue weighted by Gasteiger charge is -2.41. The molecule has 2 fully saturated rings. The van der Waals surface area contributed by atoms with Gasteiger partial charge in [-0.3, -0.25) is 4.79 Å². The molecule has 2 nitrogen and oxygen atoms in total. The van der Waals surface area contributed by atoms with Gasteiger partial charge in [-0.15, -0.1) is 0 Å². The molecule has 0 saturated heterocycles. The van der Waals surface area contributed by atoms with Crippen LogP contribution in [0.2, 0.25) is 19.6 Å². The second kappa shape index (κ2) is 8.04. The lowest BCUT2D eigenvalue weighted by atomic mass is 9.62. The van der Waals surface area contributed by atoms with Crippen molar-refractivity contribution in [2.75, 3.05) is 6.61 Å². The van der Waals surface area contributed by atoms with Gasteiger partial charge in [-0.25, -0.2) is 0 Å². The Hall–Kier alpha value is -1.37. The molecule has 3 rings (SSSR count). The average Bonchev–Trinajstić information content (AvgIpc) is 3.03. The Morgan fingerprint density at radius 2 is 1.97 bits per heavy atom. The Morgan fingerprint density at radius 1 is 1.28 bits per heavy atom. The standard InChI is InChI=1S/C26H38O2Si/c1-19(21-15-16-23-24(28)12-9-17-25(21,23)2)13-14-20-10-7-8-11-22(20)26(3,18-27)29(4,5)6/h7-8,10-11,19,21,23,27H,9,12,15-18H2,1-6H3/t19-,21+,23-,25+,26?/m0/s1. The van der Waals surface area contributed by atoms with Crippen molar-refractivity contribution in [3.05, 3.63) is 35.4 Å². The van der Waals surface area contributed by atoms with E-state index < -0.39 is 8.07 Å². The molecule has 0 spiro atoms. The maximum atomic E-state index is 12.5. The molecular weight excluding hydrogens is 372 g/mol. The van der Waals surface area contributed by atoms with Crippen molar-refractivity contribution in [2.24, 2.45) is 23.2 Å². The summed E-state index contributed by atoms with van der Waals surface area (Å²) in [5.41, 5.74) is 2.36. The van der Waals surface area contributed by atoms with Crippen molar-refractivity contribution in [3.63, 3.8) is 0 Å². The lowest BCUT2D eigenvalue weighted by molar-refractivity contribution is -0.129. The Balaban J connectivity index is 1.91. The smallest absolute Gasteiger partial charge is 0.136 e. The van der Waals surface area contributed by atoms with E-state index in [-0.39, 0.29) is 28.9 Å². The summed E-state index contributed by atoms with van der Waals surface area (Å²) >= 11 is 0. The fourth-order valence-corrected chi connectivity index (χ4v) is 7.38. The van der Waals surface area contributed by atoms with E-state index in [0.717, 1.165) is 37.7 Å². The third kappa shape index (κ3) is 3.87. The molecular formula is C26H38O2Si. The Bertz CT molecular complexity index is 827. The summed E-state index contributed by atoms with van der Waals surface area (Å²) in [6, 6.07) is 8.36. The van der Waals surface area contributed by atoms with Gasteiger partial charge in [0.25, 0.3) is 0 Å². The number of benzene rings is 1. The van der Waals surface area contributed by atoms with Crippen LogP contribution in [0.1, 0.15) is 64.0 Å². The van der Waals surface area contributed by atoms with Crippen molar-refractivity contribution in [1.82, 2.24) is 0 Å². The minimum atomic E-state index is -1.66. The summed E-state index contributed by atoms with van der Waals surface area (Å²) < 4.78 is 0. The number of aliphatic hydroxyl groups excluding tert-OH is 1. The van der Waals surface area contributed by atoms with E-state index in [4.69, 9.17) is 0 Å². The molecule has 3 heteroatoms. The van der Waals surface area contributed by atoms with Gasteiger partial charge in [0.15, 0.2) is 0 Å². The summed E-state index contributed by atoms with van der Waals surface area (Å²) in [5, 5.41) is 10.1. The molecule has 1 unspecified atom stereocenters. The van der Waals surface area contributed by atoms with E-state index in [2.05, 4.69) is 70.5 Å². The monoisotopic (exact) mass is 410 g/mol. The predicted octanol–water partition coefficient (Wildman–Crippen LogP) is 5.59. The Morgan fingerprint density at radius 3 is 2.62 bits per heavy atom. The highest BCUT2D eigenvalue weighted by Crippen LogP contribution is 2.56. The molecule has 5 atom stereocenters. The van der Waals surface area contributed by atoms with Crippen LogP contribution in [0.5, 0.6) is 0 Å². The molecule has 0 aromatic heterocycles. The number of fused-ring (bicyclic) bond motifs is 1. The fourth-order valence-electron chi connectivity index (χ4n) is 5.88. The van der Waals surface area contributed by atoms with Gasteiger partial charge in [-0.05, 0) is 48.6 Å². The molecule has 1 N–H and O–H groups in total. The van der Waals surface area contributed by atoms with Crippen LogP contribution < -0.4 is 0 Å². The summed E-state index contributed by atoms with van der Waals surface area (Å²) in [4.78, 5) is 12.5. The topological polar surface area (TPSA) is 37.3 Å². The predicted molar refractivity (Wildman–Crippen MR) is 123 cm³/mol. The normalized spacial score (nSPS) is 30.1. The second-order valence-electron chi connectivity index (χ2n) is 10.9. The van der Waals surface area contributed by atoms with E-state index in [9.17, 15) is 9.90 Å². The zero-order valence-corrected chi connectivity index (χ0v) is 20.1. The van der Waals surface area contributed by atoms with Crippen molar-refractivity contribution >= 4 is 13.9 Å². The van der Waals surface area contributed by atoms with E-state index in [0.29, 0.717) is 11.7 Å². The lowest BCUT2D eigenvalue weighted by Crippen LogP contribution is -2.50. The van der Waals surface area contributed by atoms with Crippen LogP contribution in [-0.4, -0.2) is 25.6 Å². The van der Waals surface area contributed by atoms with Crippen LogP contribution in [-0.2, 0) is 9.83 Å². The zero-order chi connectivity index (χ0) is 21.4. The van der Waals surface area contributed by atoms with Gasteiger partial charge in [-0.1, -0.05) is 70.5 Å². The first-order valence-electron chi connectivity index (χ1n) is 11.3. The van der Waals surface area contributed by atoms with Gasteiger partial charge in [-0.2, -0.15) is 0 Å². The zero-order valence-electron chi connectivity index (χ0n) is 19.1. The molecule has 1 aromatic carbocycles. The summed E-state index contributed by atoms with van der Waals surface area (Å²) in [6.45, 7) is 13.9. The molecule has 0 radical (unpaired) electrons.